The van der Waals surface area contributed by atoms with Crippen LogP contribution in [0.2, 0.25) is 0 Å². The second kappa shape index (κ2) is 5.77. The molecular formula is C12H20N2O4. The summed E-state index contributed by atoms with van der Waals surface area (Å²) in [5, 5.41) is 12.6. The second-order valence-corrected chi connectivity index (χ2v) is 5.09. The molecule has 2 aliphatic rings. The first-order valence-corrected chi connectivity index (χ1v) is 6.37. The number of likely N-dealkylation sites (tertiary alicyclic amines) is 1. The Balaban J connectivity index is 1.61. The number of hydrogen-bond donors (Lipinski definition) is 2. The summed E-state index contributed by atoms with van der Waals surface area (Å²) < 4.78 is 5.35. The number of aliphatic hydroxyl groups is 1. The van der Waals surface area contributed by atoms with Crippen molar-refractivity contribution < 1.29 is 19.4 Å². The van der Waals surface area contributed by atoms with Crippen LogP contribution in [0.1, 0.15) is 19.3 Å². The van der Waals surface area contributed by atoms with Crippen molar-refractivity contribution in [3.05, 3.63) is 0 Å². The molecule has 2 unspecified atom stereocenters. The molecule has 0 aromatic rings. The van der Waals surface area contributed by atoms with E-state index < -0.39 is 12.1 Å². The molecule has 1 saturated heterocycles. The molecule has 102 valence electrons. The highest BCUT2D eigenvalue weighted by atomic mass is 16.5. The molecule has 0 aromatic heterocycles. The highest BCUT2D eigenvalue weighted by molar-refractivity contribution is 6.05. The van der Waals surface area contributed by atoms with Crippen molar-refractivity contribution in [1.82, 2.24) is 10.2 Å². The Labute approximate surface area is 106 Å². The van der Waals surface area contributed by atoms with Crippen molar-refractivity contribution in [2.24, 2.45) is 5.92 Å². The molecule has 0 spiro atoms. The average Bonchev–Trinajstić information content (AvgIpc) is 3.12. The summed E-state index contributed by atoms with van der Waals surface area (Å²) in [5.74, 6) is 0.260. The van der Waals surface area contributed by atoms with E-state index in [2.05, 4.69) is 5.32 Å². The maximum absolute atomic E-state index is 11.6. The highest BCUT2D eigenvalue weighted by Crippen LogP contribution is 2.28. The Morgan fingerprint density at radius 3 is 2.78 bits per heavy atom. The third-order valence-corrected chi connectivity index (χ3v) is 3.34. The molecule has 2 rings (SSSR count). The molecule has 0 radical (unpaired) electrons. The van der Waals surface area contributed by atoms with Gasteiger partial charge in [-0.1, -0.05) is 0 Å². The van der Waals surface area contributed by atoms with E-state index in [0.29, 0.717) is 12.5 Å². The van der Waals surface area contributed by atoms with Crippen molar-refractivity contribution in [1.29, 1.82) is 0 Å². The summed E-state index contributed by atoms with van der Waals surface area (Å²) in [7, 11) is 1.47. The Bertz CT molecular complexity index is 330. The molecule has 2 N–H and O–H groups in total. The molecule has 6 nitrogen and oxygen atoms in total. The molecule has 2 fully saturated rings. The summed E-state index contributed by atoms with van der Waals surface area (Å²) in [4.78, 5) is 24.0. The monoisotopic (exact) mass is 256 g/mol. The van der Waals surface area contributed by atoms with Crippen LogP contribution in [-0.2, 0) is 14.3 Å². The molecule has 6 heteroatoms. The third kappa shape index (κ3) is 3.51. The van der Waals surface area contributed by atoms with Crippen molar-refractivity contribution in [2.45, 2.75) is 31.4 Å². The molecule has 1 heterocycles. The van der Waals surface area contributed by atoms with E-state index in [9.17, 15) is 14.7 Å². The van der Waals surface area contributed by atoms with Gasteiger partial charge in [-0.15, -0.1) is 0 Å². The largest absolute Gasteiger partial charge is 0.389 e. The lowest BCUT2D eigenvalue weighted by Gasteiger charge is -2.15. The van der Waals surface area contributed by atoms with Crippen LogP contribution in [0.25, 0.3) is 0 Å². The predicted octanol–water partition coefficient (Wildman–Crippen LogP) is -0.879. The van der Waals surface area contributed by atoms with E-state index >= 15 is 0 Å². The lowest BCUT2D eigenvalue weighted by molar-refractivity contribution is -0.137. The van der Waals surface area contributed by atoms with E-state index in [0.717, 1.165) is 4.90 Å². The number of hydrogen-bond acceptors (Lipinski definition) is 5. The van der Waals surface area contributed by atoms with Gasteiger partial charge in [-0.2, -0.15) is 0 Å². The summed E-state index contributed by atoms with van der Waals surface area (Å²) in [6, 6.07) is -0.499. The minimum absolute atomic E-state index is 0.172. The molecular weight excluding hydrogens is 236 g/mol. The van der Waals surface area contributed by atoms with Crippen LogP contribution in [-0.4, -0.2) is 60.8 Å². The second-order valence-electron chi connectivity index (χ2n) is 5.09. The van der Waals surface area contributed by atoms with Crippen molar-refractivity contribution in [3.8, 4) is 0 Å². The number of rotatable bonds is 7. The van der Waals surface area contributed by atoms with Gasteiger partial charge in [0.2, 0.25) is 11.8 Å². The molecule has 1 aliphatic carbocycles. The van der Waals surface area contributed by atoms with Gasteiger partial charge in [0.1, 0.15) is 0 Å². The Morgan fingerprint density at radius 2 is 2.22 bits per heavy atom. The minimum atomic E-state index is -0.641. The maximum atomic E-state index is 11.6. The molecule has 0 bridgehead atoms. The van der Waals surface area contributed by atoms with Gasteiger partial charge in [-0.05, 0) is 18.8 Å². The van der Waals surface area contributed by atoms with E-state index in [1.807, 2.05) is 0 Å². The first-order chi connectivity index (χ1) is 8.58. The van der Waals surface area contributed by atoms with Gasteiger partial charge in [-0.25, -0.2) is 0 Å². The first kappa shape index (κ1) is 13.5. The van der Waals surface area contributed by atoms with Crippen LogP contribution in [0.15, 0.2) is 0 Å². The normalized spacial score (nSPS) is 25.9. The van der Waals surface area contributed by atoms with Gasteiger partial charge < -0.3 is 15.2 Å². The number of carbonyl (C=O) groups is 2. The van der Waals surface area contributed by atoms with E-state index in [4.69, 9.17) is 4.74 Å². The van der Waals surface area contributed by atoms with E-state index in [1.165, 1.54) is 19.9 Å². The topological polar surface area (TPSA) is 78.9 Å². The SMILES string of the molecule is CN1C(=O)CC(NCC(O)COCC2CC2)C1=O. The van der Waals surface area contributed by atoms with Gasteiger partial charge in [0.15, 0.2) is 0 Å². The van der Waals surface area contributed by atoms with Crippen LogP contribution < -0.4 is 5.32 Å². The van der Waals surface area contributed by atoms with Crippen LogP contribution in [0.5, 0.6) is 0 Å². The number of aliphatic hydroxyl groups excluding tert-OH is 1. The number of imide groups is 1. The first-order valence-electron chi connectivity index (χ1n) is 6.37. The zero-order valence-electron chi connectivity index (χ0n) is 10.6. The fraction of sp³-hybridized carbons (Fsp3) is 0.833. The van der Waals surface area contributed by atoms with Crippen molar-refractivity contribution in [2.75, 3.05) is 26.8 Å². The number of ether oxygens (including phenoxy) is 1. The van der Waals surface area contributed by atoms with Crippen LogP contribution in [0.3, 0.4) is 0 Å². The van der Waals surface area contributed by atoms with Gasteiger partial charge in [0, 0.05) is 20.2 Å². The lowest BCUT2D eigenvalue weighted by atomic mass is 10.2. The van der Waals surface area contributed by atoms with Crippen LogP contribution in [0.4, 0.5) is 0 Å². The van der Waals surface area contributed by atoms with Gasteiger partial charge in [0.25, 0.3) is 0 Å². The minimum Gasteiger partial charge on any atom is -0.389 e. The molecule has 1 saturated carbocycles. The molecule has 18 heavy (non-hydrogen) atoms. The zero-order valence-corrected chi connectivity index (χ0v) is 10.6. The maximum Gasteiger partial charge on any atom is 0.246 e. The van der Waals surface area contributed by atoms with Gasteiger partial charge >= 0.3 is 0 Å². The van der Waals surface area contributed by atoms with Crippen molar-refractivity contribution in [3.63, 3.8) is 0 Å². The lowest BCUT2D eigenvalue weighted by Crippen LogP contribution is -2.42. The fourth-order valence-electron chi connectivity index (χ4n) is 1.91. The standard InChI is InChI=1S/C12H20N2O4/c1-14-11(16)4-10(12(14)17)13-5-9(15)7-18-6-8-2-3-8/h8-10,13,15H,2-7H2,1H3. The summed E-state index contributed by atoms with van der Waals surface area (Å²) in [5.41, 5.74) is 0. The molecule has 2 amide bonds. The van der Waals surface area contributed by atoms with Gasteiger partial charge in [0.05, 0.1) is 25.2 Å². The summed E-state index contributed by atoms with van der Waals surface area (Å²) >= 11 is 0. The van der Waals surface area contributed by atoms with E-state index in [-0.39, 0.29) is 31.4 Å². The van der Waals surface area contributed by atoms with Crippen molar-refractivity contribution >= 4 is 11.8 Å². The molecule has 1 aliphatic heterocycles. The van der Waals surface area contributed by atoms with E-state index in [1.54, 1.807) is 0 Å². The molecule has 0 aromatic carbocycles. The smallest absolute Gasteiger partial charge is 0.246 e. The quantitative estimate of drug-likeness (QED) is 0.578. The number of likely N-dealkylation sites (N-methyl/N-ethyl adjacent to an activating group) is 1. The third-order valence-electron chi connectivity index (χ3n) is 3.34. The summed E-state index contributed by atoms with van der Waals surface area (Å²) in [6.45, 7) is 1.25. The summed E-state index contributed by atoms with van der Waals surface area (Å²) in [6.07, 6.45) is 1.97. The predicted molar refractivity (Wildman–Crippen MR) is 63.7 cm³/mol. The fourth-order valence-corrected chi connectivity index (χ4v) is 1.91. The number of nitrogens with one attached hydrogen (secondary N) is 1. The zero-order chi connectivity index (χ0) is 13.1. The van der Waals surface area contributed by atoms with Crippen LogP contribution >= 0.6 is 0 Å². The Hall–Kier alpha value is -0.980. The number of amides is 2. The number of nitrogens with zero attached hydrogens (tertiary/aromatic N) is 1. The Morgan fingerprint density at radius 1 is 1.50 bits per heavy atom. The van der Waals surface area contributed by atoms with Crippen LogP contribution in [0, 0.1) is 5.92 Å². The number of carbonyl (C=O) groups excluding carboxylic acids is 2. The molecule has 2 atom stereocenters. The average molecular weight is 256 g/mol. The Kier molecular flexibility index (Phi) is 4.31. The van der Waals surface area contributed by atoms with Gasteiger partial charge in [-0.3, -0.25) is 14.5 Å². The highest BCUT2D eigenvalue weighted by Gasteiger charge is 2.35.